The molecule has 3 rings (SSSR count). The maximum absolute atomic E-state index is 4.41. The summed E-state index contributed by atoms with van der Waals surface area (Å²) in [6, 6.07) is 1.37. The molecule has 0 spiro atoms. The van der Waals surface area contributed by atoms with Crippen LogP contribution in [0.3, 0.4) is 0 Å². The Kier molecular flexibility index (Phi) is 2.96. The average Bonchev–Trinajstić information content (AvgIpc) is 2.98. The van der Waals surface area contributed by atoms with Gasteiger partial charge in [-0.05, 0) is 25.7 Å². The lowest BCUT2D eigenvalue weighted by atomic mass is 10.1. The molecular formula is C12H19N3S. The van der Waals surface area contributed by atoms with Gasteiger partial charge in [0.15, 0.2) is 0 Å². The summed E-state index contributed by atoms with van der Waals surface area (Å²) < 4.78 is 0. The van der Waals surface area contributed by atoms with Crippen LogP contribution in [0, 0.1) is 5.92 Å². The summed E-state index contributed by atoms with van der Waals surface area (Å²) >= 11 is 1.78. The van der Waals surface area contributed by atoms with Gasteiger partial charge in [-0.3, -0.25) is 4.90 Å². The van der Waals surface area contributed by atoms with Crippen molar-refractivity contribution in [3.63, 3.8) is 0 Å². The van der Waals surface area contributed by atoms with Crippen LogP contribution in [0.2, 0.25) is 0 Å². The van der Waals surface area contributed by atoms with Gasteiger partial charge in [0.05, 0.1) is 6.54 Å². The maximum atomic E-state index is 4.41. The predicted octanol–water partition coefficient (Wildman–Crippen LogP) is 1.72. The highest BCUT2D eigenvalue weighted by Gasteiger charge is 2.37. The summed E-state index contributed by atoms with van der Waals surface area (Å²) in [6.07, 6.45) is 4.77. The Bertz CT molecular complexity index is 334. The second-order valence-corrected chi connectivity index (χ2v) is 6.05. The molecule has 2 unspecified atom stereocenters. The zero-order valence-electron chi connectivity index (χ0n) is 9.72. The summed E-state index contributed by atoms with van der Waals surface area (Å²) in [7, 11) is 0. The summed E-state index contributed by atoms with van der Waals surface area (Å²) in [5.41, 5.74) is 0. The van der Waals surface area contributed by atoms with Crippen molar-refractivity contribution in [2.24, 2.45) is 5.92 Å². The normalized spacial score (nSPS) is 31.8. The first kappa shape index (κ1) is 10.7. The number of hydrogen-bond acceptors (Lipinski definition) is 4. The van der Waals surface area contributed by atoms with E-state index in [9.17, 15) is 0 Å². The molecule has 1 aliphatic heterocycles. The third kappa shape index (κ3) is 2.29. The number of nitrogens with zero attached hydrogens (tertiary/aromatic N) is 2. The smallest absolute Gasteiger partial charge is 0.107 e. The van der Waals surface area contributed by atoms with E-state index in [-0.39, 0.29) is 0 Å². The zero-order chi connectivity index (χ0) is 11.0. The van der Waals surface area contributed by atoms with Gasteiger partial charge in [0.2, 0.25) is 0 Å². The van der Waals surface area contributed by atoms with Crippen molar-refractivity contribution in [2.75, 3.05) is 13.1 Å². The second kappa shape index (κ2) is 4.43. The van der Waals surface area contributed by atoms with Crippen molar-refractivity contribution in [1.29, 1.82) is 0 Å². The SMILES string of the molecule is CC1CN(Cc2nccs2)C(C2CC2)CN1. The van der Waals surface area contributed by atoms with Gasteiger partial charge < -0.3 is 5.32 Å². The molecule has 3 nitrogen and oxygen atoms in total. The zero-order valence-corrected chi connectivity index (χ0v) is 10.5. The number of thiazole rings is 1. The number of piperazine rings is 1. The van der Waals surface area contributed by atoms with E-state index in [4.69, 9.17) is 0 Å². The fraction of sp³-hybridized carbons (Fsp3) is 0.750. The molecule has 4 heteroatoms. The topological polar surface area (TPSA) is 28.2 Å². The number of aromatic nitrogens is 1. The van der Waals surface area contributed by atoms with E-state index >= 15 is 0 Å². The van der Waals surface area contributed by atoms with Crippen molar-refractivity contribution in [3.8, 4) is 0 Å². The number of rotatable bonds is 3. The van der Waals surface area contributed by atoms with E-state index in [1.807, 2.05) is 6.20 Å². The summed E-state index contributed by atoms with van der Waals surface area (Å²) in [4.78, 5) is 7.04. The number of nitrogens with one attached hydrogen (secondary N) is 1. The highest BCUT2D eigenvalue weighted by Crippen LogP contribution is 2.36. The molecule has 2 heterocycles. The molecule has 0 amide bonds. The van der Waals surface area contributed by atoms with Crippen LogP contribution in [0.15, 0.2) is 11.6 Å². The molecule has 2 atom stereocenters. The Morgan fingerprint density at radius 3 is 3.12 bits per heavy atom. The second-order valence-electron chi connectivity index (χ2n) is 5.07. The number of hydrogen-bond donors (Lipinski definition) is 1. The van der Waals surface area contributed by atoms with Gasteiger partial charge in [0.1, 0.15) is 5.01 Å². The van der Waals surface area contributed by atoms with E-state index in [1.54, 1.807) is 11.3 Å². The Hall–Kier alpha value is -0.450. The molecule has 1 saturated heterocycles. The molecule has 88 valence electrons. The summed E-state index contributed by atoms with van der Waals surface area (Å²) in [5.74, 6) is 0.944. The summed E-state index contributed by atoms with van der Waals surface area (Å²) in [6.45, 7) is 5.65. The Labute approximate surface area is 101 Å². The van der Waals surface area contributed by atoms with Crippen LogP contribution in [0.25, 0.3) is 0 Å². The van der Waals surface area contributed by atoms with Gasteiger partial charge in [-0.1, -0.05) is 0 Å². The van der Waals surface area contributed by atoms with Crippen LogP contribution < -0.4 is 5.32 Å². The minimum absolute atomic E-state index is 0.620. The van der Waals surface area contributed by atoms with Crippen LogP contribution in [0.5, 0.6) is 0 Å². The molecule has 1 aliphatic carbocycles. The van der Waals surface area contributed by atoms with E-state index in [0.29, 0.717) is 6.04 Å². The first-order chi connectivity index (χ1) is 7.83. The van der Waals surface area contributed by atoms with Crippen molar-refractivity contribution in [2.45, 2.75) is 38.4 Å². The van der Waals surface area contributed by atoms with E-state index in [1.165, 1.54) is 24.4 Å². The first-order valence-corrected chi connectivity index (χ1v) is 7.06. The fourth-order valence-corrected chi connectivity index (χ4v) is 3.28. The predicted molar refractivity (Wildman–Crippen MR) is 66.5 cm³/mol. The van der Waals surface area contributed by atoms with E-state index in [2.05, 4.69) is 27.5 Å². The minimum Gasteiger partial charge on any atom is -0.311 e. The Morgan fingerprint density at radius 2 is 2.44 bits per heavy atom. The van der Waals surface area contributed by atoms with Crippen molar-refractivity contribution in [1.82, 2.24) is 15.2 Å². The molecule has 1 N–H and O–H groups in total. The van der Waals surface area contributed by atoms with Gasteiger partial charge in [-0.15, -0.1) is 11.3 Å². The third-order valence-electron chi connectivity index (χ3n) is 3.64. The van der Waals surface area contributed by atoms with E-state index in [0.717, 1.165) is 25.0 Å². The lowest BCUT2D eigenvalue weighted by molar-refractivity contribution is 0.112. The first-order valence-electron chi connectivity index (χ1n) is 6.19. The molecule has 0 bridgehead atoms. The molecule has 1 aromatic rings. The lowest BCUT2D eigenvalue weighted by Crippen LogP contribution is -2.55. The van der Waals surface area contributed by atoms with Crippen molar-refractivity contribution in [3.05, 3.63) is 16.6 Å². The highest BCUT2D eigenvalue weighted by atomic mass is 32.1. The highest BCUT2D eigenvalue weighted by molar-refractivity contribution is 7.09. The van der Waals surface area contributed by atoms with Gasteiger partial charge in [-0.2, -0.15) is 0 Å². The Morgan fingerprint density at radius 1 is 1.56 bits per heavy atom. The third-order valence-corrected chi connectivity index (χ3v) is 4.41. The van der Waals surface area contributed by atoms with Crippen LogP contribution in [-0.2, 0) is 6.54 Å². The maximum Gasteiger partial charge on any atom is 0.107 e. The minimum atomic E-state index is 0.620. The van der Waals surface area contributed by atoms with Crippen LogP contribution in [0.4, 0.5) is 0 Å². The molecule has 1 saturated carbocycles. The van der Waals surface area contributed by atoms with Crippen LogP contribution >= 0.6 is 11.3 Å². The van der Waals surface area contributed by atoms with Gasteiger partial charge in [0.25, 0.3) is 0 Å². The average molecular weight is 237 g/mol. The standard InChI is InChI=1S/C12H19N3S/c1-9-7-15(8-12-13-4-5-16-12)11(6-14-9)10-2-3-10/h4-5,9-11,14H,2-3,6-8H2,1H3. The Balaban J connectivity index is 1.68. The molecule has 1 aromatic heterocycles. The molecule has 2 aliphatic rings. The van der Waals surface area contributed by atoms with Crippen LogP contribution in [0.1, 0.15) is 24.8 Å². The van der Waals surface area contributed by atoms with Gasteiger partial charge >= 0.3 is 0 Å². The van der Waals surface area contributed by atoms with Crippen molar-refractivity contribution < 1.29 is 0 Å². The van der Waals surface area contributed by atoms with Crippen molar-refractivity contribution >= 4 is 11.3 Å². The fourth-order valence-electron chi connectivity index (χ4n) is 2.64. The molecule has 0 radical (unpaired) electrons. The quantitative estimate of drug-likeness (QED) is 0.867. The van der Waals surface area contributed by atoms with Gasteiger partial charge in [-0.25, -0.2) is 4.98 Å². The largest absolute Gasteiger partial charge is 0.311 e. The molecule has 2 fully saturated rings. The van der Waals surface area contributed by atoms with Gasteiger partial charge in [0, 0.05) is 36.8 Å². The van der Waals surface area contributed by atoms with E-state index < -0.39 is 0 Å². The summed E-state index contributed by atoms with van der Waals surface area (Å²) in [5, 5.41) is 6.94. The molecular weight excluding hydrogens is 218 g/mol. The monoisotopic (exact) mass is 237 g/mol. The van der Waals surface area contributed by atoms with Crippen LogP contribution in [-0.4, -0.2) is 35.1 Å². The lowest BCUT2D eigenvalue weighted by Gasteiger charge is -2.39. The molecule has 0 aromatic carbocycles. The molecule has 16 heavy (non-hydrogen) atoms.